The first-order chi connectivity index (χ1) is 6.99. The van der Waals surface area contributed by atoms with E-state index in [9.17, 15) is 4.39 Å². The average Bonchev–Trinajstić information content (AvgIpc) is 2.10. The summed E-state index contributed by atoms with van der Waals surface area (Å²) >= 11 is 9.14. The maximum atomic E-state index is 13.2. The predicted octanol–water partition coefficient (Wildman–Crippen LogP) is 4.83. The van der Waals surface area contributed by atoms with Crippen LogP contribution in [0.2, 0.25) is 5.02 Å². The number of hydrogen-bond donors (Lipinski definition) is 0. The van der Waals surface area contributed by atoms with E-state index < -0.39 is 0 Å². The van der Waals surface area contributed by atoms with Gasteiger partial charge in [0, 0.05) is 4.83 Å². The highest BCUT2D eigenvalue weighted by molar-refractivity contribution is 9.09. The van der Waals surface area contributed by atoms with E-state index in [1.54, 1.807) is 6.07 Å². The molecule has 0 nitrogen and oxygen atoms in total. The van der Waals surface area contributed by atoms with E-state index in [0.717, 1.165) is 18.4 Å². The molecule has 0 spiro atoms. The van der Waals surface area contributed by atoms with Crippen LogP contribution in [0.25, 0.3) is 0 Å². The van der Waals surface area contributed by atoms with Gasteiger partial charge < -0.3 is 0 Å². The van der Waals surface area contributed by atoms with Crippen LogP contribution in [0, 0.1) is 11.7 Å². The summed E-state index contributed by atoms with van der Waals surface area (Å²) in [6, 6.07) is 5.04. The Morgan fingerprint density at radius 2 is 2.07 bits per heavy atom. The van der Waals surface area contributed by atoms with Crippen molar-refractivity contribution < 1.29 is 4.39 Å². The van der Waals surface area contributed by atoms with E-state index in [2.05, 4.69) is 29.8 Å². The van der Waals surface area contributed by atoms with E-state index >= 15 is 0 Å². The van der Waals surface area contributed by atoms with Gasteiger partial charge in [-0.3, -0.25) is 0 Å². The van der Waals surface area contributed by atoms with Gasteiger partial charge >= 0.3 is 0 Å². The van der Waals surface area contributed by atoms with Gasteiger partial charge in [0.05, 0.1) is 5.02 Å². The van der Waals surface area contributed by atoms with Crippen molar-refractivity contribution >= 4 is 27.5 Å². The average molecular weight is 294 g/mol. The summed E-state index contributed by atoms with van der Waals surface area (Å²) < 4.78 is 13.2. The smallest absolute Gasteiger partial charge is 0.142 e. The largest absolute Gasteiger partial charge is 0.205 e. The first kappa shape index (κ1) is 13.0. The van der Waals surface area contributed by atoms with Crippen LogP contribution in [0.3, 0.4) is 0 Å². The molecule has 0 radical (unpaired) electrons. The maximum absolute atomic E-state index is 13.2. The van der Waals surface area contributed by atoms with Gasteiger partial charge in [0.1, 0.15) is 5.82 Å². The SMILES string of the molecule is CC(Br)CC(C)Cc1ccc(Cl)c(F)c1. The fourth-order valence-corrected chi connectivity index (χ4v) is 2.46. The fraction of sp³-hybridized carbons (Fsp3) is 0.500. The molecular formula is C12H15BrClF. The van der Waals surface area contributed by atoms with Crippen molar-refractivity contribution in [2.24, 2.45) is 5.92 Å². The molecule has 0 heterocycles. The second-order valence-electron chi connectivity index (χ2n) is 4.07. The lowest BCUT2D eigenvalue weighted by atomic mass is 9.97. The van der Waals surface area contributed by atoms with E-state index in [-0.39, 0.29) is 10.8 Å². The molecule has 1 rings (SSSR count). The summed E-state index contributed by atoms with van der Waals surface area (Å²) in [5.41, 5.74) is 1.01. The third-order valence-electron chi connectivity index (χ3n) is 2.30. The number of rotatable bonds is 4. The van der Waals surface area contributed by atoms with Crippen LogP contribution >= 0.6 is 27.5 Å². The lowest BCUT2D eigenvalue weighted by molar-refractivity contribution is 0.530. The van der Waals surface area contributed by atoms with Crippen molar-refractivity contribution in [2.75, 3.05) is 0 Å². The molecule has 0 aliphatic heterocycles. The van der Waals surface area contributed by atoms with E-state index in [1.807, 2.05) is 6.07 Å². The van der Waals surface area contributed by atoms with Crippen LogP contribution in [0.15, 0.2) is 18.2 Å². The Balaban J connectivity index is 2.60. The molecule has 15 heavy (non-hydrogen) atoms. The fourth-order valence-electron chi connectivity index (χ4n) is 1.71. The summed E-state index contributed by atoms with van der Waals surface area (Å²) in [7, 11) is 0. The Labute approximate surface area is 104 Å². The highest BCUT2D eigenvalue weighted by Gasteiger charge is 2.08. The van der Waals surface area contributed by atoms with Gasteiger partial charge in [-0.2, -0.15) is 0 Å². The predicted molar refractivity (Wildman–Crippen MR) is 67.3 cm³/mol. The Morgan fingerprint density at radius 1 is 1.40 bits per heavy atom. The monoisotopic (exact) mass is 292 g/mol. The zero-order chi connectivity index (χ0) is 11.4. The van der Waals surface area contributed by atoms with Gasteiger partial charge in [-0.25, -0.2) is 4.39 Å². The van der Waals surface area contributed by atoms with E-state index in [1.165, 1.54) is 6.07 Å². The van der Waals surface area contributed by atoms with Crippen LogP contribution in [0.1, 0.15) is 25.8 Å². The van der Waals surface area contributed by atoms with Crippen LogP contribution in [0.4, 0.5) is 4.39 Å². The molecule has 0 aliphatic rings. The lowest BCUT2D eigenvalue weighted by Crippen LogP contribution is -2.05. The van der Waals surface area contributed by atoms with Gasteiger partial charge in [0.25, 0.3) is 0 Å². The summed E-state index contributed by atoms with van der Waals surface area (Å²) in [6.45, 7) is 4.29. The molecule has 0 aromatic heterocycles. The topological polar surface area (TPSA) is 0 Å². The van der Waals surface area contributed by atoms with Crippen molar-refractivity contribution in [1.82, 2.24) is 0 Å². The minimum Gasteiger partial charge on any atom is -0.205 e. The van der Waals surface area contributed by atoms with Crippen molar-refractivity contribution in [1.29, 1.82) is 0 Å². The molecule has 0 fully saturated rings. The summed E-state index contributed by atoms with van der Waals surface area (Å²) in [4.78, 5) is 0.504. The molecule has 0 aliphatic carbocycles. The second-order valence-corrected chi connectivity index (χ2v) is 6.04. The summed E-state index contributed by atoms with van der Waals surface area (Å²) in [5.74, 6) is 0.216. The van der Waals surface area contributed by atoms with Crippen LogP contribution in [0.5, 0.6) is 0 Å². The molecule has 0 saturated heterocycles. The molecular weight excluding hydrogens is 278 g/mol. The molecule has 84 valence electrons. The van der Waals surface area contributed by atoms with Gasteiger partial charge in [-0.1, -0.05) is 47.4 Å². The molecule has 0 amide bonds. The van der Waals surface area contributed by atoms with Crippen molar-refractivity contribution in [2.45, 2.75) is 31.5 Å². The number of benzene rings is 1. The second kappa shape index (κ2) is 5.86. The third kappa shape index (κ3) is 4.52. The van der Waals surface area contributed by atoms with Gasteiger partial charge in [-0.15, -0.1) is 0 Å². The summed E-state index contributed by atoms with van der Waals surface area (Å²) in [6.07, 6.45) is 1.98. The van der Waals surface area contributed by atoms with E-state index in [4.69, 9.17) is 11.6 Å². The third-order valence-corrected chi connectivity index (χ3v) is 2.98. The molecule has 1 aromatic carbocycles. The molecule has 0 saturated carbocycles. The van der Waals surface area contributed by atoms with Crippen molar-refractivity contribution in [3.63, 3.8) is 0 Å². The molecule has 0 N–H and O–H groups in total. The highest BCUT2D eigenvalue weighted by atomic mass is 79.9. The number of alkyl halides is 1. The van der Waals surface area contributed by atoms with Gasteiger partial charge in [-0.05, 0) is 36.5 Å². The van der Waals surface area contributed by atoms with Crippen LogP contribution in [-0.2, 0) is 6.42 Å². The number of halogens is 3. The zero-order valence-corrected chi connectivity index (χ0v) is 11.3. The van der Waals surface area contributed by atoms with Gasteiger partial charge in [0.15, 0.2) is 0 Å². The Kier molecular flexibility index (Phi) is 5.07. The van der Waals surface area contributed by atoms with Crippen molar-refractivity contribution in [3.05, 3.63) is 34.6 Å². The first-order valence-corrected chi connectivity index (χ1v) is 6.36. The van der Waals surface area contributed by atoms with Gasteiger partial charge in [0.2, 0.25) is 0 Å². The van der Waals surface area contributed by atoms with E-state index in [0.29, 0.717) is 10.7 Å². The minimum atomic E-state index is -0.326. The maximum Gasteiger partial charge on any atom is 0.142 e. The quantitative estimate of drug-likeness (QED) is 0.697. The molecule has 2 atom stereocenters. The zero-order valence-electron chi connectivity index (χ0n) is 8.93. The Hall–Kier alpha value is -0.0800. The molecule has 3 heteroatoms. The molecule has 0 bridgehead atoms. The van der Waals surface area contributed by atoms with Crippen LogP contribution < -0.4 is 0 Å². The number of hydrogen-bond acceptors (Lipinski definition) is 0. The molecule has 2 unspecified atom stereocenters. The Morgan fingerprint density at radius 3 is 2.60 bits per heavy atom. The standard InChI is InChI=1S/C12H15BrClF/c1-8(5-9(2)13)6-10-3-4-11(14)12(15)7-10/h3-4,7-9H,5-6H2,1-2H3. The highest BCUT2D eigenvalue weighted by Crippen LogP contribution is 2.20. The Bertz CT molecular complexity index is 325. The summed E-state index contributed by atoms with van der Waals surface area (Å²) in [5, 5.41) is 0.195. The first-order valence-electron chi connectivity index (χ1n) is 5.07. The lowest BCUT2D eigenvalue weighted by Gasteiger charge is -2.13. The van der Waals surface area contributed by atoms with Crippen LogP contribution in [-0.4, -0.2) is 4.83 Å². The van der Waals surface area contributed by atoms with Crippen molar-refractivity contribution in [3.8, 4) is 0 Å². The minimum absolute atomic E-state index is 0.195. The normalized spacial score (nSPS) is 15.0. The molecule has 1 aromatic rings.